The van der Waals surface area contributed by atoms with Crippen LogP contribution in [0, 0.1) is 11.2 Å². The zero-order valence-corrected chi connectivity index (χ0v) is 20.1. The molecule has 2 aromatic carbocycles. The van der Waals surface area contributed by atoms with E-state index in [1.54, 1.807) is 36.4 Å². The lowest BCUT2D eigenvalue weighted by Crippen LogP contribution is -2.42. The lowest BCUT2D eigenvalue weighted by atomic mass is 9.80. The number of rotatable bonds is 10. The Morgan fingerprint density at radius 1 is 1.09 bits per heavy atom. The summed E-state index contributed by atoms with van der Waals surface area (Å²) >= 11 is 0. The summed E-state index contributed by atoms with van der Waals surface area (Å²) in [7, 11) is 5.03. The Kier molecular flexibility index (Phi) is 8.20. The standard InChI is InChI=1S/C26H31F4N3O2/c1-31-24(35)20-10-9-17(14-22(20)27)13-19(33(2)3)16-32-23(34)15-21(18-7-5-4-6-8-18)25(11-12-25)26(28,29)30/h4-10,14,19,21H,11-13,15-16H2,1-3H3,(H,31,35)(H,32,34)/t19-,21+/m0/s1. The van der Waals surface area contributed by atoms with E-state index in [2.05, 4.69) is 10.6 Å². The summed E-state index contributed by atoms with van der Waals surface area (Å²) in [5, 5.41) is 5.16. The normalized spacial score (nSPS) is 16.5. The molecule has 0 aromatic heterocycles. The van der Waals surface area contributed by atoms with Crippen LogP contribution in [-0.2, 0) is 11.2 Å². The largest absolute Gasteiger partial charge is 0.395 e. The van der Waals surface area contributed by atoms with Crippen LogP contribution in [0.1, 0.15) is 46.7 Å². The summed E-state index contributed by atoms with van der Waals surface area (Å²) < 4.78 is 56.0. The van der Waals surface area contributed by atoms with Crippen molar-refractivity contribution in [2.45, 2.75) is 43.8 Å². The first-order valence-corrected chi connectivity index (χ1v) is 11.5. The Bertz CT molecular complexity index is 1040. The minimum atomic E-state index is -4.38. The molecule has 0 saturated heterocycles. The van der Waals surface area contributed by atoms with Gasteiger partial charge in [-0.15, -0.1) is 0 Å². The van der Waals surface area contributed by atoms with E-state index in [9.17, 15) is 27.2 Å². The zero-order valence-electron chi connectivity index (χ0n) is 20.1. The number of hydrogen-bond donors (Lipinski definition) is 2. The zero-order chi connectivity index (χ0) is 25.8. The molecule has 5 nitrogen and oxygen atoms in total. The van der Waals surface area contributed by atoms with Crippen molar-refractivity contribution < 1.29 is 27.2 Å². The van der Waals surface area contributed by atoms with Gasteiger partial charge in [-0.25, -0.2) is 4.39 Å². The lowest BCUT2D eigenvalue weighted by molar-refractivity contribution is -0.194. The average molecular weight is 494 g/mol. The SMILES string of the molecule is CNC(=O)c1ccc(C[C@@H](CNC(=O)C[C@H](c2ccccc2)C2(C(F)(F)F)CC2)N(C)C)cc1F. The van der Waals surface area contributed by atoms with Crippen molar-refractivity contribution in [3.63, 3.8) is 0 Å². The van der Waals surface area contributed by atoms with E-state index >= 15 is 0 Å². The first-order valence-electron chi connectivity index (χ1n) is 11.5. The molecule has 35 heavy (non-hydrogen) atoms. The maximum Gasteiger partial charge on any atom is 0.395 e. The van der Waals surface area contributed by atoms with E-state index < -0.39 is 35.1 Å². The summed E-state index contributed by atoms with van der Waals surface area (Å²) in [5.74, 6) is -2.57. The predicted octanol–water partition coefficient (Wildman–Crippen LogP) is 4.29. The molecule has 2 aromatic rings. The van der Waals surface area contributed by atoms with Gasteiger partial charge >= 0.3 is 6.18 Å². The Balaban J connectivity index is 1.68. The number of halogens is 4. The second-order valence-corrected chi connectivity index (χ2v) is 9.34. The minimum absolute atomic E-state index is 0.0152. The van der Waals surface area contributed by atoms with Crippen molar-refractivity contribution in [3.8, 4) is 0 Å². The summed E-state index contributed by atoms with van der Waals surface area (Å²) in [5.41, 5.74) is -0.777. The molecule has 1 aliphatic rings. The quantitative estimate of drug-likeness (QED) is 0.486. The second-order valence-electron chi connectivity index (χ2n) is 9.34. The molecule has 1 fully saturated rings. The maximum atomic E-state index is 14.3. The fourth-order valence-corrected chi connectivity index (χ4v) is 4.48. The monoisotopic (exact) mass is 493 g/mol. The molecule has 1 saturated carbocycles. The van der Waals surface area contributed by atoms with Gasteiger partial charge in [0, 0.05) is 32.0 Å². The van der Waals surface area contributed by atoms with Crippen molar-refractivity contribution in [1.82, 2.24) is 15.5 Å². The third kappa shape index (κ3) is 6.20. The Morgan fingerprint density at radius 3 is 2.26 bits per heavy atom. The summed E-state index contributed by atoms with van der Waals surface area (Å²) in [6.45, 7) is 0.186. The highest BCUT2D eigenvalue weighted by Crippen LogP contribution is 2.66. The van der Waals surface area contributed by atoms with Gasteiger partial charge in [-0.1, -0.05) is 36.4 Å². The number of amides is 2. The average Bonchev–Trinajstić information content (AvgIpc) is 3.62. The molecule has 0 heterocycles. The van der Waals surface area contributed by atoms with Gasteiger partial charge in [0.25, 0.3) is 5.91 Å². The number of likely N-dealkylation sites (N-methyl/N-ethyl adjacent to an activating group) is 1. The van der Waals surface area contributed by atoms with Crippen molar-refractivity contribution in [2.24, 2.45) is 5.41 Å². The first kappa shape index (κ1) is 26.7. The smallest absolute Gasteiger partial charge is 0.355 e. The van der Waals surface area contributed by atoms with Crippen molar-refractivity contribution >= 4 is 11.8 Å². The molecule has 0 unspecified atom stereocenters. The van der Waals surface area contributed by atoms with Gasteiger partial charge in [0.15, 0.2) is 0 Å². The van der Waals surface area contributed by atoms with E-state index in [1.165, 1.54) is 19.2 Å². The van der Waals surface area contributed by atoms with Crippen LogP contribution in [0.5, 0.6) is 0 Å². The number of benzene rings is 2. The second kappa shape index (κ2) is 10.8. The Hall–Kier alpha value is -2.94. The highest BCUT2D eigenvalue weighted by atomic mass is 19.4. The number of nitrogens with zero attached hydrogens (tertiary/aromatic N) is 1. The molecule has 2 N–H and O–H groups in total. The highest BCUT2D eigenvalue weighted by Gasteiger charge is 2.67. The predicted molar refractivity (Wildman–Crippen MR) is 126 cm³/mol. The van der Waals surface area contributed by atoms with Gasteiger partial charge < -0.3 is 15.5 Å². The van der Waals surface area contributed by atoms with Gasteiger partial charge in [0.1, 0.15) is 5.82 Å². The van der Waals surface area contributed by atoms with E-state index in [0.29, 0.717) is 17.5 Å². The van der Waals surface area contributed by atoms with Gasteiger partial charge in [-0.2, -0.15) is 13.2 Å². The molecule has 1 aliphatic carbocycles. The van der Waals surface area contributed by atoms with E-state index in [0.717, 1.165) is 0 Å². The first-order chi connectivity index (χ1) is 16.5. The van der Waals surface area contributed by atoms with E-state index in [4.69, 9.17) is 0 Å². The third-order valence-corrected chi connectivity index (χ3v) is 6.85. The fraction of sp³-hybridized carbons (Fsp3) is 0.462. The van der Waals surface area contributed by atoms with Gasteiger partial charge in [-0.3, -0.25) is 9.59 Å². The summed E-state index contributed by atoms with van der Waals surface area (Å²) in [6.07, 6.45) is -4.24. The molecule has 0 radical (unpaired) electrons. The molecular weight excluding hydrogens is 462 g/mol. The molecule has 2 amide bonds. The molecule has 3 rings (SSSR count). The number of carbonyl (C=O) groups excluding carboxylic acids is 2. The molecular formula is C26H31F4N3O2. The summed E-state index contributed by atoms with van der Waals surface area (Å²) in [6, 6.07) is 12.5. The fourth-order valence-electron chi connectivity index (χ4n) is 4.48. The molecule has 190 valence electrons. The van der Waals surface area contributed by atoms with Crippen molar-refractivity contribution in [1.29, 1.82) is 0 Å². The van der Waals surface area contributed by atoms with Crippen LogP contribution < -0.4 is 10.6 Å². The van der Waals surface area contributed by atoms with Gasteiger partial charge in [0.2, 0.25) is 5.91 Å². The Morgan fingerprint density at radius 2 is 1.74 bits per heavy atom. The van der Waals surface area contributed by atoms with E-state index in [-0.39, 0.29) is 37.4 Å². The van der Waals surface area contributed by atoms with Crippen molar-refractivity contribution in [2.75, 3.05) is 27.7 Å². The Labute approximate surface area is 202 Å². The summed E-state index contributed by atoms with van der Waals surface area (Å²) in [4.78, 5) is 26.4. The van der Waals surface area contributed by atoms with E-state index in [1.807, 2.05) is 19.0 Å². The topological polar surface area (TPSA) is 61.4 Å². The minimum Gasteiger partial charge on any atom is -0.355 e. The van der Waals surface area contributed by atoms with Crippen LogP contribution in [0.15, 0.2) is 48.5 Å². The van der Waals surface area contributed by atoms with Gasteiger partial charge in [0.05, 0.1) is 11.0 Å². The highest BCUT2D eigenvalue weighted by molar-refractivity contribution is 5.94. The molecule has 2 atom stereocenters. The van der Waals surface area contributed by atoms with Gasteiger partial charge in [-0.05, 0) is 56.6 Å². The molecule has 0 aliphatic heterocycles. The van der Waals surface area contributed by atoms with Crippen LogP contribution in [0.4, 0.5) is 17.6 Å². The van der Waals surface area contributed by atoms with Crippen LogP contribution >= 0.6 is 0 Å². The number of hydrogen-bond acceptors (Lipinski definition) is 3. The number of nitrogens with one attached hydrogen (secondary N) is 2. The molecule has 0 bridgehead atoms. The van der Waals surface area contributed by atoms with Crippen LogP contribution in [-0.4, -0.2) is 56.6 Å². The van der Waals surface area contributed by atoms with Crippen LogP contribution in [0.3, 0.4) is 0 Å². The number of carbonyl (C=O) groups is 2. The molecule has 9 heteroatoms. The number of alkyl halides is 3. The molecule has 0 spiro atoms. The maximum absolute atomic E-state index is 14.3. The third-order valence-electron chi connectivity index (χ3n) is 6.85. The van der Waals surface area contributed by atoms with Crippen LogP contribution in [0.2, 0.25) is 0 Å². The lowest BCUT2D eigenvalue weighted by Gasteiger charge is -2.30. The van der Waals surface area contributed by atoms with Crippen molar-refractivity contribution in [3.05, 3.63) is 71.0 Å². The van der Waals surface area contributed by atoms with Crippen LogP contribution in [0.25, 0.3) is 0 Å².